The summed E-state index contributed by atoms with van der Waals surface area (Å²) in [7, 11) is 0. The third-order valence-corrected chi connectivity index (χ3v) is 6.58. The molecule has 0 saturated heterocycles. The summed E-state index contributed by atoms with van der Waals surface area (Å²) in [5.74, 6) is -4.75. The lowest BCUT2D eigenvalue weighted by Crippen LogP contribution is -2.31. The molecule has 3 amide bonds. The number of ether oxygens (including phenoxy) is 1. The maximum Gasteiger partial charge on any atom is 0.257 e. The highest BCUT2D eigenvalue weighted by molar-refractivity contribution is 6.52. The van der Waals surface area contributed by atoms with E-state index in [1.54, 1.807) is 6.92 Å². The zero-order valence-electron chi connectivity index (χ0n) is 19.4. The predicted molar refractivity (Wildman–Crippen MR) is 136 cm³/mol. The number of anilines is 3. The van der Waals surface area contributed by atoms with Crippen molar-refractivity contribution in [3.63, 3.8) is 0 Å². The quantitative estimate of drug-likeness (QED) is 0.303. The topological polar surface area (TPSA) is 96.5 Å². The van der Waals surface area contributed by atoms with Crippen LogP contribution in [0, 0.1) is 17.6 Å². The van der Waals surface area contributed by atoms with Gasteiger partial charge >= 0.3 is 0 Å². The van der Waals surface area contributed by atoms with Crippen molar-refractivity contribution in [3.05, 3.63) is 52.6 Å². The number of nitrogens with one attached hydrogen (secondary N) is 3. The van der Waals surface area contributed by atoms with Crippen LogP contribution in [0.5, 0.6) is 0 Å². The summed E-state index contributed by atoms with van der Waals surface area (Å²) in [4.78, 5) is 37.6. The van der Waals surface area contributed by atoms with Gasteiger partial charge in [-0.05, 0) is 50.1 Å². The van der Waals surface area contributed by atoms with Crippen LogP contribution in [0.1, 0.15) is 43.5 Å². The van der Waals surface area contributed by atoms with Crippen LogP contribution < -0.4 is 16.0 Å². The lowest BCUT2D eigenvalue weighted by atomic mass is 10.1. The second kappa shape index (κ2) is 11.7. The third-order valence-electron chi connectivity index (χ3n) is 5.42. The van der Waals surface area contributed by atoms with Crippen molar-refractivity contribution in [3.8, 4) is 0 Å². The summed E-state index contributed by atoms with van der Waals surface area (Å²) in [6.07, 6.45) is 0.406. The minimum absolute atomic E-state index is 0.0242. The monoisotopic (exact) mass is 561 g/mol. The van der Waals surface area contributed by atoms with Crippen LogP contribution >= 0.6 is 34.8 Å². The first-order valence-electron chi connectivity index (χ1n) is 11.2. The smallest absolute Gasteiger partial charge is 0.257 e. The van der Waals surface area contributed by atoms with E-state index in [2.05, 4.69) is 16.0 Å². The molecule has 1 fully saturated rings. The van der Waals surface area contributed by atoms with Crippen LogP contribution in [-0.2, 0) is 14.3 Å². The fourth-order valence-electron chi connectivity index (χ4n) is 3.41. The molecule has 2 aromatic carbocycles. The zero-order valence-corrected chi connectivity index (χ0v) is 21.7. The molecule has 3 rings (SSSR count). The Kier molecular flexibility index (Phi) is 9.16. The number of amides is 3. The van der Waals surface area contributed by atoms with Gasteiger partial charge in [0, 0.05) is 12.3 Å². The third kappa shape index (κ3) is 6.64. The van der Waals surface area contributed by atoms with Crippen molar-refractivity contribution in [2.45, 2.75) is 43.5 Å². The molecule has 2 atom stereocenters. The second-order valence-electron chi connectivity index (χ2n) is 8.16. The summed E-state index contributed by atoms with van der Waals surface area (Å²) in [6.45, 7) is 3.80. The van der Waals surface area contributed by atoms with E-state index in [0.29, 0.717) is 19.3 Å². The van der Waals surface area contributed by atoms with Gasteiger partial charge in [-0.3, -0.25) is 14.4 Å². The molecule has 2 aromatic rings. The summed E-state index contributed by atoms with van der Waals surface area (Å²) in [5.41, 5.74) is -0.948. The average molecular weight is 563 g/mol. The van der Waals surface area contributed by atoms with E-state index in [1.165, 1.54) is 18.2 Å². The fourth-order valence-corrected chi connectivity index (χ4v) is 4.12. The molecule has 3 N–H and O–H groups in total. The van der Waals surface area contributed by atoms with Gasteiger partial charge in [0.15, 0.2) is 5.82 Å². The SMILES string of the molecule is CCCC(OCC)C(=O)Nc1c(F)ccc(NC(=O)c2cc(NC(=O)C3CC3(Cl)Cl)ccc2Cl)c1F. The van der Waals surface area contributed by atoms with Gasteiger partial charge in [0.2, 0.25) is 5.91 Å². The summed E-state index contributed by atoms with van der Waals surface area (Å²) >= 11 is 17.9. The zero-order chi connectivity index (χ0) is 26.6. The molecular weight excluding hydrogens is 539 g/mol. The second-order valence-corrected chi connectivity index (χ2v) is 10.1. The van der Waals surface area contributed by atoms with Crippen molar-refractivity contribution in [2.75, 3.05) is 22.6 Å². The summed E-state index contributed by atoms with van der Waals surface area (Å²) < 4.78 is 33.7. The Balaban J connectivity index is 1.77. The Hall–Kier alpha value is -2.46. The molecule has 0 spiro atoms. The maximum absolute atomic E-state index is 15.1. The highest BCUT2D eigenvalue weighted by Crippen LogP contribution is 2.53. The standard InChI is InChI=1S/C24H24Cl3F2N3O4/c1-3-5-18(36-4-2)23(35)32-20-16(28)8-9-17(19(20)29)31-21(33)13-10-12(6-7-15(13)25)30-22(34)14-11-24(14,26)27/h6-10,14,18H,3-5,11H2,1-2H3,(H,30,34)(H,31,33)(H,32,35). The van der Waals surface area contributed by atoms with Crippen molar-refractivity contribution in [1.29, 1.82) is 0 Å². The van der Waals surface area contributed by atoms with Crippen LogP contribution in [0.15, 0.2) is 30.3 Å². The van der Waals surface area contributed by atoms with E-state index in [9.17, 15) is 18.8 Å². The summed E-state index contributed by atoms with van der Waals surface area (Å²) in [6, 6.07) is 6.06. The van der Waals surface area contributed by atoms with Crippen LogP contribution in [-0.4, -0.2) is 34.8 Å². The Morgan fingerprint density at radius 3 is 2.42 bits per heavy atom. The average Bonchev–Trinajstić information content (AvgIpc) is 3.47. The van der Waals surface area contributed by atoms with E-state index >= 15 is 4.39 Å². The Morgan fingerprint density at radius 2 is 1.81 bits per heavy atom. The van der Waals surface area contributed by atoms with Gasteiger partial charge in [0.25, 0.3) is 11.8 Å². The molecule has 0 aromatic heterocycles. The van der Waals surface area contributed by atoms with E-state index in [4.69, 9.17) is 39.5 Å². The highest BCUT2D eigenvalue weighted by Gasteiger charge is 2.56. The molecule has 194 valence electrons. The predicted octanol–water partition coefficient (Wildman–Crippen LogP) is 6.15. The number of benzene rings is 2. The Bertz CT molecular complexity index is 1170. The number of halogens is 5. The molecular formula is C24H24Cl3F2N3O4. The van der Waals surface area contributed by atoms with Crippen molar-refractivity contribution >= 4 is 69.6 Å². The number of alkyl halides is 2. The molecule has 36 heavy (non-hydrogen) atoms. The number of hydrogen-bond acceptors (Lipinski definition) is 4. The van der Waals surface area contributed by atoms with Crippen molar-refractivity contribution < 1.29 is 27.9 Å². The minimum Gasteiger partial charge on any atom is -0.369 e. The van der Waals surface area contributed by atoms with Crippen LogP contribution in [0.3, 0.4) is 0 Å². The molecule has 1 saturated carbocycles. The number of carbonyl (C=O) groups is 3. The number of rotatable bonds is 10. The molecule has 0 bridgehead atoms. The number of hydrogen-bond donors (Lipinski definition) is 3. The van der Waals surface area contributed by atoms with Gasteiger partial charge in [-0.15, -0.1) is 23.2 Å². The van der Waals surface area contributed by atoms with E-state index in [1.807, 2.05) is 6.92 Å². The van der Waals surface area contributed by atoms with Crippen LogP contribution in [0.4, 0.5) is 25.8 Å². The Morgan fingerprint density at radius 1 is 1.11 bits per heavy atom. The lowest BCUT2D eigenvalue weighted by Gasteiger charge is -2.17. The van der Waals surface area contributed by atoms with E-state index in [0.717, 1.165) is 12.1 Å². The van der Waals surface area contributed by atoms with Crippen molar-refractivity contribution in [1.82, 2.24) is 0 Å². The first-order chi connectivity index (χ1) is 17.0. The largest absolute Gasteiger partial charge is 0.369 e. The summed E-state index contributed by atoms with van der Waals surface area (Å²) in [5, 5.41) is 7.14. The molecule has 2 unspecified atom stereocenters. The highest BCUT2D eigenvalue weighted by atomic mass is 35.5. The minimum atomic E-state index is -1.18. The van der Waals surface area contributed by atoms with E-state index in [-0.39, 0.29) is 22.9 Å². The van der Waals surface area contributed by atoms with E-state index < -0.39 is 57.1 Å². The molecule has 0 heterocycles. The molecule has 12 heteroatoms. The molecule has 7 nitrogen and oxygen atoms in total. The normalized spacial score (nSPS) is 16.7. The van der Waals surface area contributed by atoms with Crippen LogP contribution in [0.2, 0.25) is 5.02 Å². The van der Waals surface area contributed by atoms with Gasteiger partial charge in [-0.2, -0.15) is 0 Å². The maximum atomic E-state index is 15.1. The first-order valence-corrected chi connectivity index (χ1v) is 12.3. The van der Waals surface area contributed by atoms with Gasteiger partial charge in [-0.1, -0.05) is 24.9 Å². The van der Waals surface area contributed by atoms with Gasteiger partial charge in [-0.25, -0.2) is 8.78 Å². The number of carbonyl (C=O) groups excluding carboxylic acids is 3. The van der Waals surface area contributed by atoms with Gasteiger partial charge in [0.1, 0.15) is 21.9 Å². The molecule has 1 aliphatic rings. The van der Waals surface area contributed by atoms with Crippen molar-refractivity contribution in [2.24, 2.45) is 5.92 Å². The molecule has 0 radical (unpaired) electrons. The molecule has 1 aliphatic carbocycles. The van der Waals surface area contributed by atoms with Gasteiger partial charge < -0.3 is 20.7 Å². The Labute approximate surface area is 221 Å². The van der Waals surface area contributed by atoms with Gasteiger partial charge in [0.05, 0.1) is 22.2 Å². The molecule has 0 aliphatic heterocycles. The lowest BCUT2D eigenvalue weighted by molar-refractivity contribution is -0.127. The fraction of sp³-hybridized carbons (Fsp3) is 0.375. The van der Waals surface area contributed by atoms with Crippen LogP contribution in [0.25, 0.3) is 0 Å². The first kappa shape index (κ1) is 28.1.